The van der Waals surface area contributed by atoms with Gasteiger partial charge >= 0.3 is 12.2 Å². The molecule has 0 unspecified atom stereocenters. The highest BCUT2D eigenvalue weighted by atomic mass is 19.4. The fourth-order valence-corrected chi connectivity index (χ4v) is 7.90. The number of benzene rings is 2. The molecule has 1 aliphatic heterocycles. The molecular weight excluding hydrogens is 814 g/mol. The van der Waals surface area contributed by atoms with Gasteiger partial charge in [0.05, 0.1) is 30.5 Å². The number of allylic oxidation sites excluding steroid dienone is 2. The van der Waals surface area contributed by atoms with Crippen molar-refractivity contribution in [3.8, 4) is 23.0 Å². The van der Waals surface area contributed by atoms with Gasteiger partial charge in [0.25, 0.3) is 5.92 Å². The minimum absolute atomic E-state index is 0.0378. The molecule has 2 aromatic carbocycles. The van der Waals surface area contributed by atoms with Gasteiger partial charge in [0.15, 0.2) is 5.82 Å². The van der Waals surface area contributed by atoms with Crippen LogP contribution in [-0.2, 0) is 23.0 Å². The molecule has 3 heterocycles. The summed E-state index contributed by atoms with van der Waals surface area (Å²) >= 11 is 0. The van der Waals surface area contributed by atoms with Crippen molar-refractivity contribution in [1.29, 1.82) is 0 Å². The van der Waals surface area contributed by atoms with Crippen LogP contribution < -0.4 is 16.4 Å². The van der Waals surface area contributed by atoms with Gasteiger partial charge in [-0.15, -0.1) is 0 Å². The molecule has 7 rings (SSSR count). The number of para-hydroxylation sites is 1. The second-order valence-corrected chi connectivity index (χ2v) is 15.6. The van der Waals surface area contributed by atoms with Crippen LogP contribution in [0.1, 0.15) is 49.7 Å². The maximum absolute atomic E-state index is 15.5. The van der Waals surface area contributed by atoms with Crippen molar-refractivity contribution >= 4 is 34.4 Å². The Morgan fingerprint density at radius 3 is 2.41 bits per heavy atom. The number of urea groups is 1. The highest BCUT2D eigenvalue weighted by Gasteiger charge is 2.63. The SMILES string of the molecule is Cn1nc(NC(=O)N2CCOCC2)c2cccc(-c3ccc(C#CC(C)(C)O)nc3[C@H](Cc3cc(F)cc(F)c3)NC(=O)CN=C3C(=C(N)C(F)(F)F)[C@H]4CC[C@H]4C3(F)F)c21. The Bertz CT molecular complexity index is 2490. The number of aliphatic imine (C=N–C) groups is 1. The van der Waals surface area contributed by atoms with Crippen molar-refractivity contribution in [3.05, 3.63) is 88.4 Å². The quantitative estimate of drug-likeness (QED) is 0.122. The van der Waals surface area contributed by atoms with Gasteiger partial charge in [-0.1, -0.05) is 18.1 Å². The zero-order valence-corrected chi connectivity index (χ0v) is 33.1. The molecule has 12 nitrogen and oxygen atoms in total. The zero-order chi connectivity index (χ0) is 44.0. The van der Waals surface area contributed by atoms with Crippen LogP contribution in [0.2, 0.25) is 0 Å². The number of nitrogens with two attached hydrogens (primary N) is 1. The molecule has 322 valence electrons. The monoisotopic (exact) mass is 854 g/mol. The second kappa shape index (κ2) is 16.5. The molecule has 2 aromatic heterocycles. The third kappa shape index (κ3) is 9.05. The molecule has 4 aromatic rings. The molecule has 19 heteroatoms. The molecule has 3 fully saturated rings. The zero-order valence-electron chi connectivity index (χ0n) is 33.1. The Balaban J connectivity index is 1.33. The second-order valence-electron chi connectivity index (χ2n) is 15.6. The van der Waals surface area contributed by atoms with Crippen molar-refractivity contribution in [1.82, 2.24) is 25.0 Å². The van der Waals surface area contributed by atoms with Gasteiger partial charge in [0.2, 0.25) is 5.91 Å². The van der Waals surface area contributed by atoms with Gasteiger partial charge in [-0.25, -0.2) is 18.6 Å². The number of carbonyl (C=O) groups is 2. The molecule has 3 amide bonds. The minimum atomic E-state index is -5.13. The van der Waals surface area contributed by atoms with Gasteiger partial charge in [0, 0.05) is 54.2 Å². The summed E-state index contributed by atoms with van der Waals surface area (Å²) in [5, 5.41) is 20.9. The molecule has 3 atom stereocenters. The molecule has 1 saturated heterocycles. The number of alkyl halides is 5. The first-order chi connectivity index (χ1) is 28.7. The summed E-state index contributed by atoms with van der Waals surface area (Å²) in [6.07, 6.45) is -5.49. The van der Waals surface area contributed by atoms with Crippen molar-refractivity contribution in [2.45, 2.75) is 56.9 Å². The van der Waals surface area contributed by atoms with E-state index in [1.54, 1.807) is 36.2 Å². The summed E-state index contributed by atoms with van der Waals surface area (Å²) in [6.45, 7) is 3.31. The van der Waals surface area contributed by atoms with E-state index in [-0.39, 0.29) is 42.0 Å². The Kier molecular flexibility index (Phi) is 11.6. The van der Waals surface area contributed by atoms with Crippen LogP contribution >= 0.6 is 0 Å². The van der Waals surface area contributed by atoms with Crippen molar-refractivity contribution in [2.24, 2.45) is 29.6 Å². The number of aryl methyl sites for hydroxylation is 1. The van der Waals surface area contributed by atoms with Crippen LogP contribution in [0.25, 0.3) is 22.0 Å². The average molecular weight is 855 g/mol. The van der Waals surface area contributed by atoms with Crippen molar-refractivity contribution in [2.75, 3.05) is 38.2 Å². The first-order valence-electron chi connectivity index (χ1n) is 19.3. The first kappa shape index (κ1) is 43.1. The number of carbonyl (C=O) groups excluding carboxylic acids is 2. The van der Waals surface area contributed by atoms with Gasteiger partial charge in [-0.3, -0.25) is 19.8 Å². The third-order valence-electron chi connectivity index (χ3n) is 10.8. The fraction of sp³-hybridized carbons (Fsp3) is 0.405. The Hall–Kier alpha value is -6.00. The number of nitrogens with zero attached hydrogens (tertiary/aromatic N) is 5. The van der Waals surface area contributed by atoms with E-state index < -0.39 is 82.7 Å². The first-order valence-corrected chi connectivity index (χ1v) is 19.3. The Labute approximate surface area is 345 Å². The van der Waals surface area contributed by atoms with E-state index in [1.165, 1.54) is 24.6 Å². The Morgan fingerprint density at radius 1 is 1.07 bits per heavy atom. The molecule has 0 radical (unpaired) electrons. The molecular formula is C42H41F7N8O4. The van der Waals surface area contributed by atoms with Crippen LogP contribution in [0.5, 0.6) is 0 Å². The van der Waals surface area contributed by atoms with E-state index in [2.05, 4.69) is 32.6 Å². The summed E-state index contributed by atoms with van der Waals surface area (Å²) in [6, 6.07) is 9.26. The van der Waals surface area contributed by atoms with Crippen molar-refractivity contribution < 1.29 is 50.2 Å². The van der Waals surface area contributed by atoms with Crippen LogP contribution in [0.3, 0.4) is 0 Å². The molecule has 0 bridgehead atoms. The number of fused-ring (bicyclic) bond motifs is 2. The van der Waals surface area contributed by atoms with Crippen LogP contribution in [-0.4, -0.2) is 93.0 Å². The molecule has 2 aliphatic carbocycles. The van der Waals surface area contributed by atoms with E-state index in [9.17, 15) is 36.6 Å². The van der Waals surface area contributed by atoms with Crippen LogP contribution in [0.15, 0.2) is 64.8 Å². The van der Waals surface area contributed by atoms with Gasteiger partial charge in [-0.05, 0) is 80.8 Å². The predicted molar refractivity (Wildman–Crippen MR) is 210 cm³/mol. The predicted octanol–water partition coefficient (Wildman–Crippen LogP) is 6.19. The van der Waals surface area contributed by atoms with E-state index in [0.29, 0.717) is 54.4 Å². The number of rotatable bonds is 8. The number of amides is 3. The molecule has 0 spiro atoms. The number of aromatic nitrogens is 3. The number of aliphatic hydroxyl groups is 1. The highest BCUT2D eigenvalue weighted by molar-refractivity contribution is 6.10. The molecule has 3 aliphatic rings. The summed E-state index contributed by atoms with van der Waals surface area (Å²) in [5.74, 6) is -3.68. The molecule has 5 N–H and O–H groups in total. The maximum Gasteiger partial charge on any atom is 0.431 e. The van der Waals surface area contributed by atoms with Crippen LogP contribution in [0, 0.1) is 35.3 Å². The van der Waals surface area contributed by atoms with E-state index in [4.69, 9.17) is 15.5 Å². The summed E-state index contributed by atoms with van der Waals surface area (Å²) in [4.78, 5) is 37.1. The number of hydrogen-bond donors (Lipinski definition) is 4. The lowest BCUT2D eigenvalue weighted by molar-refractivity contribution is -0.120. The number of pyridine rings is 1. The smallest absolute Gasteiger partial charge is 0.394 e. The van der Waals surface area contributed by atoms with Crippen molar-refractivity contribution in [3.63, 3.8) is 0 Å². The summed E-state index contributed by atoms with van der Waals surface area (Å²) < 4.78 is 109. The minimum Gasteiger partial charge on any atom is -0.394 e. The number of anilines is 1. The number of ether oxygens (including phenoxy) is 1. The average Bonchev–Trinajstić information content (AvgIpc) is 3.56. The topological polar surface area (TPSA) is 160 Å². The summed E-state index contributed by atoms with van der Waals surface area (Å²) in [7, 11) is 1.64. The van der Waals surface area contributed by atoms with E-state index in [1.807, 2.05) is 0 Å². The standard InChI is InChI=1S/C42H41F7N8O4/c1-40(2,60)12-11-25-7-8-26(27-5-4-6-29-35(27)56(3)55-38(29)54-39(59)57-13-15-61-16-14-57)34(52-25)31(19-22-17-23(43)20-24(44)18-22)53-32(58)21-51-37-33(36(50)42(47,48)49)28-9-10-30(28)41(37,45)46/h4-8,17-18,20,28,30-31,60H,9-10,13-16,19,21,50H2,1-3H3,(H,53,58)(H,54,55,59)/t28-,30+,31-/m0/s1. The normalized spacial score (nSPS) is 20.7. The van der Waals surface area contributed by atoms with E-state index >= 15 is 8.78 Å². The number of nitrogens with one attached hydrogen (secondary N) is 2. The van der Waals surface area contributed by atoms with E-state index in [0.717, 1.165) is 12.1 Å². The maximum atomic E-state index is 15.5. The number of hydrogen-bond acceptors (Lipinski definition) is 8. The van der Waals surface area contributed by atoms with Crippen LogP contribution in [0.4, 0.5) is 41.3 Å². The number of morpholine rings is 1. The van der Waals surface area contributed by atoms with Gasteiger partial charge in [-0.2, -0.15) is 27.1 Å². The lowest BCUT2D eigenvalue weighted by Crippen LogP contribution is -2.43. The molecule has 2 saturated carbocycles. The summed E-state index contributed by atoms with van der Waals surface area (Å²) in [5.41, 5.74) is 1.68. The Morgan fingerprint density at radius 2 is 1.77 bits per heavy atom. The highest BCUT2D eigenvalue weighted by Crippen LogP contribution is 2.57. The third-order valence-corrected chi connectivity index (χ3v) is 10.8. The van der Waals surface area contributed by atoms with Gasteiger partial charge < -0.3 is 25.8 Å². The van der Waals surface area contributed by atoms with Gasteiger partial charge in [0.1, 0.15) is 40.9 Å². The molecule has 61 heavy (non-hydrogen) atoms. The lowest BCUT2D eigenvalue weighted by atomic mass is 9.73. The largest absolute Gasteiger partial charge is 0.431 e. The fourth-order valence-electron chi connectivity index (χ4n) is 7.90. The number of halogens is 7. The lowest BCUT2D eigenvalue weighted by Gasteiger charge is -2.33.